The predicted molar refractivity (Wildman–Crippen MR) is 67.9 cm³/mol. The first-order chi connectivity index (χ1) is 7.47. The summed E-state index contributed by atoms with van der Waals surface area (Å²) in [6.07, 6.45) is 5.44. The molecule has 0 aromatic heterocycles. The van der Waals surface area contributed by atoms with E-state index in [4.69, 9.17) is 0 Å². The van der Waals surface area contributed by atoms with Crippen molar-refractivity contribution >= 4 is 10.0 Å². The smallest absolute Gasteiger partial charge is 0.212 e. The van der Waals surface area contributed by atoms with Crippen molar-refractivity contribution in [1.29, 1.82) is 0 Å². The van der Waals surface area contributed by atoms with Crippen molar-refractivity contribution in [1.82, 2.24) is 4.31 Å². The van der Waals surface area contributed by atoms with E-state index in [1.165, 1.54) is 12.8 Å². The fraction of sp³-hybridized carbons (Fsp3) is 1.00. The van der Waals surface area contributed by atoms with Crippen molar-refractivity contribution in [3.63, 3.8) is 0 Å². The van der Waals surface area contributed by atoms with Crippen molar-refractivity contribution in [3.05, 3.63) is 0 Å². The van der Waals surface area contributed by atoms with E-state index in [1.807, 2.05) is 0 Å². The number of sulfonamides is 1. The first-order valence-corrected chi connectivity index (χ1v) is 8.07. The highest BCUT2D eigenvalue weighted by molar-refractivity contribution is 7.89. The first kappa shape index (κ1) is 14.0. The Morgan fingerprint density at radius 2 is 1.81 bits per heavy atom. The van der Waals surface area contributed by atoms with E-state index in [-0.39, 0.29) is 11.8 Å². The number of nitrogens with zero attached hydrogens (tertiary/aromatic N) is 1. The molecule has 0 atom stereocenters. The minimum Gasteiger partial charge on any atom is -0.212 e. The normalized spacial score (nSPS) is 18.8. The molecule has 4 heteroatoms. The van der Waals surface area contributed by atoms with Crippen LogP contribution in [0, 0.1) is 5.92 Å². The van der Waals surface area contributed by atoms with Gasteiger partial charge < -0.3 is 0 Å². The molecule has 0 aromatic carbocycles. The van der Waals surface area contributed by atoms with Crippen LogP contribution >= 0.6 is 0 Å². The summed E-state index contributed by atoms with van der Waals surface area (Å²) in [5.74, 6) is 0.803. The molecule has 1 fully saturated rings. The summed E-state index contributed by atoms with van der Waals surface area (Å²) in [4.78, 5) is 0. The Morgan fingerprint density at radius 3 is 2.25 bits per heavy atom. The van der Waals surface area contributed by atoms with Crippen LogP contribution in [0.15, 0.2) is 0 Å². The topological polar surface area (TPSA) is 37.4 Å². The van der Waals surface area contributed by atoms with E-state index in [9.17, 15) is 8.42 Å². The van der Waals surface area contributed by atoms with Crippen LogP contribution in [0.25, 0.3) is 0 Å². The van der Waals surface area contributed by atoms with Crippen LogP contribution in [0.4, 0.5) is 0 Å². The zero-order valence-corrected chi connectivity index (χ0v) is 11.6. The van der Waals surface area contributed by atoms with E-state index in [0.29, 0.717) is 12.5 Å². The SMILES string of the molecule is CCS(=O)(=O)N(CCC(C)C)C1CCCC1. The van der Waals surface area contributed by atoms with E-state index < -0.39 is 10.0 Å². The van der Waals surface area contributed by atoms with Gasteiger partial charge in [0.05, 0.1) is 5.75 Å². The second-order valence-corrected chi connectivity index (χ2v) is 7.34. The Balaban J connectivity index is 2.68. The highest BCUT2D eigenvalue weighted by atomic mass is 32.2. The van der Waals surface area contributed by atoms with Crippen LogP contribution in [-0.4, -0.2) is 31.1 Å². The molecule has 0 N–H and O–H groups in total. The van der Waals surface area contributed by atoms with E-state index in [2.05, 4.69) is 13.8 Å². The third kappa shape index (κ3) is 3.74. The predicted octanol–water partition coefficient (Wildman–Crippen LogP) is 2.63. The summed E-state index contributed by atoms with van der Waals surface area (Å²) in [6, 6.07) is 0.281. The molecule has 0 unspecified atom stereocenters. The van der Waals surface area contributed by atoms with Crippen LogP contribution in [-0.2, 0) is 10.0 Å². The van der Waals surface area contributed by atoms with Crippen LogP contribution < -0.4 is 0 Å². The van der Waals surface area contributed by atoms with Gasteiger partial charge in [-0.3, -0.25) is 0 Å². The molecule has 1 aliphatic carbocycles. The fourth-order valence-electron chi connectivity index (χ4n) is 2.29. The quantitative estimate of drug-likeness (QED) is 0.723. The van der Waals surface area contributed by atoms with Gasteiger partial charge in [-0.1, -0.05) is 26.7 Å². The zero-order valence-electron chi connectivity index (χ0n) is 10.8. The maximum Gasteiger partial charge on any atom is 0.214 e. The third-order valence-corrected chi connectivity index (χ3v) is 5.31. The molecule has 1 aliphatic rings. The monoisotopic (exact) mass is 247 g/mol. The van der Waals surface area contributed by atoms with Gasteiger partial charge in [-0.25, -0.2) is 8.42 Å². The lowest BCUT2D eigenvalue weighted by Gasteiger charge is -2.28. The average molecular weight is 247 g/mol. The van der Waals surface area contributed by atoms with Crippen molar-refractivity contribution in [3.8, 4) is 0 Å². The summed E-state index contributed by atoms with van der Waals surface area (Å²) in [5, 5.41) is 0. The molecular weight excluding hydrogens is 222 g/mol. The minimum absolute atomic E-state index is 0.238. The molecule has 1 saturated carbocycles. The Labute approximate surface area is 100 Å². The molecule has 3 nitrogen and oxygen atoms in total. The molecule has 1 rings (SSSR count). The highest BCUT2D eigenvalue weighted by Crippen LogP contribution is 2.26. The standard InChI is InChI=1S/C12H25NO2S/c1-4-16(14,15)13(10-9-11(2)3)12-7-5-6-8-12/h11-12H,4-10H2,1-3H3. The molecule has 0 aliphatic heterocycles. The van der Waals surface area contributed by atoms with Crippen LogP contribution in [0.5, 0.6) is 0 Å². The lowest BCUT2D eigenvalue weighted by molar-refractivity contribution is 0.305. The number of hydrogen-bond donors (Lipinski definition) is 0. The van der Waals surface area contributed by atoms with Crippen molar-refractivity contribution < 1.29 is 8.42 Å². The van der Waals surface area contributed by atoms with Crippen molar-refractivity contribution in [2.45, 2.75) is 58.9 Å². The summed E-state index contributed by atoms with van der Waals surface area (Å²) >= 11 is 0. The summed E-state index contributed by atoms with van der Waals surface area (Å²) < 4.78 is 25.8. The van der Waals surface area contributed by atoms with Crippen LogP contribution in [0.1, 0.15) is 52.9 Å². The minimum atomic E-state index is -3.01. The van der Waals surface area contributed by atoms with Gasteiger partial charge in [-0.2, -0.15) is 4.31 Å². The Kier molecular flexibility index (Phi) is 5.25. The van der Waals surface area contributed by atoms with Gasteiger partial charge in [0.15, 0.2) is 0 Å². The molecule has 0 radical (unpaired) electrons. The summed E-state index contributed by atoms with van der Waals surface area (Å²) in [6.45, 7) is 6.74. The molecular formula is C12H25NO2S. The fourth-order valence-corrected chi connectivity index (χ4v) is 3.67. The summed E-state index contributed by atoms with van der Waals surface area (Å²) in [5.41, 5.74) is 0. The van der Waals surface area contributed by atoms with Gasteiger partial charge in [0.25, 0.3) is 0 Å². The molecule has 0 spiro atoms. The maximum atomic E-state index is 12.0. The maximum absolute atomic E-state index is 12.0. The van der Waals surface area contributed by atoms with E-state index >= 15 is 0 Å². The molecule has 16 heavy (non-hydrogen) atoms. The van der Waals surface area contributed by atoms with Gasteiger partial charge in [-0.05, 0) is 32.1 Å². The van der Waals surface area contributed by atoms with Crippen molar-refractivity contribution in [2.75, 3.05) is 12.3 Å². The van der Waals surface area contributed by atoms with Gasteiger partial charge in [0, 0.05) is 12.6 Å². The Morgan fingerprint density at radius 1 is 1.25 bits per heavy atom. The molecule has 96 valence electrons. The van der Waals surface area contributed by atoms with Crippen LogP contribution in [0.2, 0.25) is 0 Å². The second kappa shape index (κ2) is 6.01. The lowest BCUT2D eigenvalue weighted by Crippen LogP contribution is -2.40. The van der Waals surface area contributed by atoms with Crippen molar-refractivity contribution in [2.24, 2.45) is 5.92 Å². The molecule has 0 aromatic rings. The highest BCUT2D eigenvalue weighted by Gasteiger charge is 2.30. The first-order valence-electron chi connectivity index (χ1n) is 6.47. The largest absolute Gasteiger partial charge is 0.214 e. The second-order valence-electron chi connectivity index (χ2n) is 5.13. The number of hydrogen-bond acceptors (Lipinski definition) is 2. The van der Waals surface area contributed by atoms with Gasteiger partial charge in [-0.15, -0.1) is 0 Å². The third-order valence-electron chi connectivity index (χ3n) is 3.38. The molecule has 0 heterocycles. The lowest BCUT2D eigenvalue weighted by atomic mass is 10.1. The zero-order chi connectivity index (χ0) is 12.2. The van der Waals surface area contributed by atoms with Gasteiger partial charge >= 0.3 is 0 Å². The molecule has 0 amide bonds. The van der Waals surface area contributed by atoms with E-state index in [0.717, 1.165) is 19.3 Å². The van der Waals surface area contributed by atoms with E-state index in [1.54, 1.807) is 11.2 Å². The van der Waals surface area contributed by atoms with Gasteiger partial charge in [0.2, 0.25) is 10.0 Å². The Hall–Kier alpha value is -0.0900. The van der Waals surface area contributed by atoms with Gasteiger partial charge in [0.1, 0.15) is 0 Å². The molecule has 0 saturated heterocycles. The van der Waals surface area contributed by atoms with Crippen LogP contribution in [0.3, 0.4) is 0 Å². The average Bonchev–Trinajstić information content (AvgIpc) is 2.70. The Bertz CT molecular complexity index is 292. The number of rotatable bonds is 6. The molecule has 0 bridgehead atoms. The summed E-state index contributed by atoms with van der Waals surface area (Å²) in [7, 11) is -3.01.